The lowest BCUT2D eigenvalue weighted by Gasteiger charge is -2.11. The Morgan fingerprint density at radius 1 is 1.14 bits per heavy atom. The van der Waals surface area contributed by atoms with E-state index in [1.807, 2.05) is 12.1 Å². The standard InChI is InChI=1S/C19H21FN4O3.HI/c20-15-5-2-1-4-14(15)18(25)22-8-9-23-19(21)24-13-6-7-16-17(12-13)27-11-3-10-26-16;/h1-2,4-7,12H,3,8-11H2,(H,22,25)(H3,21,23,24);1H. The highest BCUT2D eigenvalue weighted by molar-refractivity contribution is 14.0. The number of halogens is 2. The number of anilines is 1. The quantitative estimate of drug-likeness (QED) is 0.254. The molecule has 2 aromatic rings. The Hall–Kier alpha value is -2.56. The highest BCUT2D eigenvalue weighted by Gasteiger charge is 2.11. The second kappa shape index (κ2) is 10.7. The van der Waals surface area contributed by atoms with Gasteiger partial charge in [-0.15, -0.1) is 24.0 Å². The third kappa shape index (κ3) is 5.98. The number of nitrogens with one attached hydrogen (secondary N) is 2. The highest BCUT2D eigenvalue weighted by atomic mass is 127. The van der Waals surface area contributed by atoms with Crippen molar-refractivity contribution in [3.63, 3.8) is 0 Å². The van der Waals surface area contributed by atoms with Gasteiger partial charge < -0.3 is 25.8 Å². The molecule has 0 radical (unpaired) electrons. The molecule has 1 heterocycles. The topological polar surface area (TPSA) is 98.0 Å². The molecule has 9 heteroatoms. The zero-order valence-corrected chi connectivity index (χ0v) is 17.4. The summed E-state index contributed by atoms with van der Waals surface area (Å²) in [7, 11) is 0. The van der Waals surface area contributed by atoms with Gasteiger partial charge in [0, 0.05) is 24.7 Å². The number of fused-ring (bicyclic) bond motifs is 1. The van der Waals surface area contributed by atoms with Gasteiger partial charge in [-0.3, -0.25) is 9.79 Å². The van der Waals surface area contributed by atoms with Crippen LogP contribution in [-0.4, -0.2) is 38.2 Å². The van der Waals surface area contributed by atoms with Crippen LogP contribution in [0.5, 0.6) is 11.5 Å². The number of ether oxygens (including phenoxy) is 2. The number of carbonyl (C=O) groups is 1. The Morgan fingerprint density at radius 3 is 2.68 bits per heavy atom. The van der Waals surface area contributed by atoms with Crippen molar-refractivity contribution in [3.8, 4) is 11.5 Å². The molecule has 0 saturated heterocycles. The number of amides is 1. The minimum atomic E-state index is -0.561. The van der Waals surface area contributed by atoms with Gasteiger partial charge in [0.2, 0.25) is 0 Å². The van der Waals surface area contributed by atoms with Crippen LogP contribution < -0.4 is 25.8 Å². The van der Waals surface area contributed by atoms with Crippen molar-refractivity contribution in [1.29, 1.82) is 0 Å². The molecule has 7 nitrogen and oxygen atoms in total. The van der Waals surface area contributed by atoms with E-state index in [1.54, 1.807) is 12.1 Å². The maximum absolute atomic E-state index is 13.5. The highest BCUT2D eigenvalue weighted by Crippen LogP contribution is 2.32. The number of hydrogen-bond donors (Lipinski definition) is 3. The van der Waals surface area contributed by atoms with Crippen LogP contribution in [0.4, 0.5) is 10.1 Å². The van der Waals surface area contributed by atoms with E-state index in [4.69, 9.17) is 15.2 Å². The summed E-state index contributed by atoms with van der Waals surface area (Å²) in [5, 5.41) is 5.56. The number of hydrogen-bond acceptors (Lipinski definition) is 4. The van der Waals surface area contributed by atoms with E-state index in [2.05, 4.69) is 15.6 Å². The van der Waals surface area contributed by atoms with Crippen LogP contribution in [0.3, 0.4) is 0 Å². The molecule has 28 heavy (non-hydrogen) atoms. The third-order valence-corrected chi connectivity index (χ3v) is 3.82. The lowest BCUT2D eigenvalue weighted by molar-refractivity contribution is 0.0951. The molecule has 1 aliphatic heterocycles. The van der Waals surface area contributed by atoms with Crippen LogP contribution in [0, 0.1) is 5.82 Å². The lowest BCUT2D eigenvalue weighted by atomic mass is 10.2. The van der Waals surface area contributed by atoms with E-state index in [1.165, 1.54) is 18.2 Å². The summed E-state index contributed by atoms with van der Waals surface area (Å²) >= 11 is 0. The molecule has 150 valence electrons. The number of rotatable bonds is 5. The number of carbonyl (C=O) groups excluding carboxylic acids is 1. The number of benzene rings is 2. The smallest absolute Gasteiger partial charge is 0.254 e. The van der Waals surface area contributed by atoms with Crippen LogP contribution in [0.1, 0.15) is 16.8 Å². The third-order valence-electron chi connectivity index (χ3n) is 3.82. The average Bonchev–Trinajstić information content (AvgIpc) is 2.90. The second-order valence-corrected chi connectivity index (χ2v) is 5.84. The molecule has 2 aromatic carbocycles. The Morgan fingerprint density at radius 2 is 1.89 bits per heavy atom. The molecule has 0 aliphatic carbocycles. The summed E-state index contributed by atoms with van der Waals surface area (Å²) in [6.45, 7) is 1.71. The molecule has 1 amide bonds. The minimum absolute atomic E-state index is 0. The monoisotopic (exact) mass is 500 g/mol. The Kier molecular flexibility index (Phi) is 8.30. The van der Waals surface area contributed by atoms with Gasteiger partial charge in [-0.2, -0.15) is 0 Å². The molecule has 0 spiro atoms. The van der Waals surface area contributed by atoms with Crippen molar-refractivity contribution in [2.45, 2.75) is 6.42 Å². The molecule has 0 bridgehead atoms. The molecule has 3 rings (SSSR count). The van der Waals surface area contributed by atoms with Gasteiger partial charge in [0.15, 0.2) is 17.5 Å². The summed E-state index contributed by atoms with van der Waals surface area (Å²) < 4.78 is 24.7. The van der Waals surface area contributed by atoms with Gasteiger partial charge in [-0.25, -0.2) is 4.39 Å². The summed E-state index contributed by atoms with van der Waals surface area (Å²) in [5.74, 6) is 0.503. The summed E-state index contributed by atoms with van der Waals surface area (Å²) in [6, 6.07) is 11.2. The van der Waals surface area contributed by atoms with E-state index < -0.39 is 11.7 Å². The molecule has 0 aromatic heterocycles. The molecule has 0 atom stereocenters. The molecule has 0 fully saturated rings. The van der Waals surface area contributed by atoms with Crippen LogP contribution >= 0.6 is 24.0 Å². The lowest BCUT2D eigenvalue weighted by Crippen LogP contribution is -2.29. The molecule has 0 saturated carbocycles. The van der Waals surface area contributed by atoms with E-state index >= 15 is 0 Å². The van der Waals surface area contributed by atoms with Crippen molar-refractivity contribution in [2.24, 2.45) is 10.7 Å². The van der Waals surface area contributed by atoms with Crippen molar-refractivity contribution in [1.82, 2.24) is 5.32 Å². The molecular weight excluding hydrogens is 478 g/mol. The zero-order chi connectivity index (χ0) is 19.1. The number of nitrogens with two attached hydrogens (primary N) is 1. The fourth-order valence-corrected chi connectivity index (χ4v) is 2.51. The molecule has 0 unspecified atom stereocenters. The molecule has 4 N–H and O–H groups in total. The van der Waals surface area contributed by atoms with Crippen LogP contribution in [-0.2, 0) is 0 Å². The number of aliphatic imine (C=N–C) groups is 1. The SMILES string of the molecule is I.NC(=NCCNC(=O)c1ccccc1F)Nc1ccc2c(c1)OCCCO2. The zero-order valence-electron chi connectivity index (χ0n) is 15.1. The fraction of sp³-hybridized carbons (Fsp3) is 0.263. The van der Waals surface area contributed by atoms with Gasteiger partial charge in [0.05, 0.1) is 25.3 Å². The van der Waals surface area contributed by atoms with Crippen LogP contribution in [0.2, 0.25) is 0 Å². The van der Waals surface area contributed by atoms with Gasteiger partial charge in [-0.1, -0.05) is 12.1 Å². The van der Waals surface area contributed by atoms with E-state index in [9.17, 15) is 9.18 Å². The first-order valence-corrected chi connectivity index (χ1v) is 8.63. The van der Waals surface area contributed by atoms with Crippen molar-refractivity contribution in [2.75, 3.05) is 31.6 Å². The first-order valence-electron chi connectivity index (χ1n) is 8.63. The van der Waals surface area contributed by atoms with Crippen molar-refractivity contribution in [3.05, 3.63) is 53.8 Å². The predicted molar refractivity (Wildman–Crippen MR) is 116 cm³/mol. The van der Waals surface area contributed by atoms with Crippen molar-refractivity contribution < 1.29 is 18.7 Å². The van der Waals surface area contributed by atoms with Crippen molar-refractivity contribution >= 4 is 41.5 Å². The van der Waals surface area contributed by atoms with E-state index in [0.717, 1.165) is 12.1 Å². The van der Waals surface area contributed by atoms with E-state index in [-0.39, 0.29) is 48.6 Å². The fourth-order valence-electron chi connectivity index (χ4n) is 2.51. The average molecular weight is 500 g/mol. The van der Waals surface area contributed by atoms with Crippen LogP contribution in [0.15, 0.2) is 47.5 Å². The molecule has 1 aliphatic rings. The number of guanidine groups is 1. The van der Waals surface area contributed by atoms with Gasteiger partial charge in [0.1, 0.15) is 5.82 Å². The normalized spacial score (nSPS) is 13.1. The maximum atomic E-state index is 13.5. The maximum Gasteiger partial charge on any atom is 0.254 e. The van der Waals surface area contributed by atoms with Crippen LogP contribution in [0.25, 0.3) is 0 Å². The minimum Gasteiger partial charge on any atom is -0.490 e. The predicted octanol–water partition coefficient (Wildman–Crippen LogP) is 2.76. The first kappa shape index (κ1) is 21.7. The van der Waals surface area contributed by atoms with Gasteiger partial charge >= 0.3 is 0 Å². The summed E-state index contributed by atoms with van der Waals surface area (Å²) in [5.41, 5.74) is 6.58. The second-order valence-electron chi connectivity index (χ2n) is 5.84. The Bertz CT molecular complexity index is 848. The largest absolute Gasteiger partial charge is 0.490 e. The summed E-state index contributed by atoms with van der Waals surface area (Å²) in [6.07, 6.45) is 0.833. The Balaban J connectivity index is 0.00000280. The van der Waals surface area contributed by atoms with Gasteiger partial charge in [-0.05, 0) is 24.3 Å². The van der Waals surface area contributed by atoms with Gasteiger partial charge in [0.25, 0.3) is 5.91 Å². The van der Waals surface area contributed by atoms with E-state index in [0.29, 0.717) is 24.7 Å². The Labute approximate surface area is 179 Å². The summed E-state index contributed by atoms with van der Waals surface area (Å²) in [4.78, 5) is 16.0. The first-order chi connectivity index (χ1) is 13.1. The number of nitrogens with zero attached hydrogens (tertiary/aromatic N) is 1. The molecular formula is C19H22FIN4O3.